The number of carbonyl (C=O) groups excluding carboxylic acids is 7. The molecule has 0 aromatic heterocycles. The third kappa shape index (κ3) is 19.9. The Morgan fingerprint density at radius 2 is 1.08 bits per heavy atom. The lowest BCUT2D eigenvalue weighted by molar-refractivity contribution is -0.143. The van der Waals surface area contributed by atoms with E-state index in [0.717, 1.165) is 0 Å². The van der Waals surface area contributed by atoms with Gasteiger partial charge >= 0.3 is 17.9 Å². The lowest BCUT2D eigenvalue weighted by atomic mass is 9.96. The average Bonchev–Trinajstić information content (AvgIpc) is 3.22. The van der Waals surface area contributed by atoms with Crippen LogP contribution in [0.3, 0.4) is 0 Å². The number of carbonyl (C=O) groups is 10. The van der Waals surface area contributed by atoms with E-state index in [0.29, 0.717) is 24.8 Å². The van der Waals surface area contributed by atoms with Crippen LogP contribution in [0.5, 0.6) is 5.75 Å². The van der Waals surface area contributed by atoms with Crippen LogP contribution >= 0.6 is 0 Å². The van der Waals surface area contributed by atoms with Gasteiger partial charge in [0, 0.05) is 6.42 Å². The number of aliphatic hydroxyl groups excluding tert-OH is 1. The highest BCUT2D eigenvalue weighted by Crippen LogP contribution is 2.14. The highest BCUT2D eigenvalue weighted by Gasteiger charge is 2.37. The van der Waals surface area contributed by atoms with Crippen LogP contribution in [0.2, 0.25) is 0 Å². The molecule has 0 unspecified atom stereocenters. The van der Waals surface area contributed by atoms with E-state index in [1.54, 1.807) is 13.8 Å². The van der Waals surface area contributed by atoms with Crippen molar-refractivity contribution in [3.8, 4) is 5.75 Å². The van der Waals surface area contributed by atoms with Gasteiger partial charge in [-0.3, -0.25) is 43.2 Å². The second kappa shape index (κ2) is 27.7. The zero-order valence-corrected chi connectivity index (χ0v) is 37.3. The molecular formula is C41H65N9O15. The number of nitrogens with two attached hydrogens (primary N) is 2. The molecule has 0 heterocycles. The number of hydrogen-bond donors (Lipinski definition) is 14. The molecule has 0 radical (unpaired) electrons. The van der Waals surface area contributed by atoms with Gasteiger partial charge in [-0.1, -0.05) is 46.2 Å². The summed E-state index contributed by atoms with van der Waals surface area (Å²) >= 11 is 0. The summed E-state index contributed by atoms with van der Waals surface area (Å²) in [6.45, 7) is 9.08. The number of aliphatic hydroxyl groups is 1. The van der Waals surface area contributed by atoms with E-state index in [1.807, 2.05) is 0 Å². The Hall–Kier alpha value is -6.40. The van der Waals surface area contributed by atoms with Crippen LogP contribution in [0.4, 0.5) is 0 Å². The van der Waals surface area contributed by atoms with Crippen molar-refractivity contribution in [1.82, 2.24) is 37.2 Å². The first kappa shape index (κ1) is 56.6. The molecule has 0 bridgehead atoms. The minimum absolute atomic E-state index is 0.0120. The fraction of sp³-hybridized carbons (Fsp3) is 0.610. The topological polar surface area (TPSA) is 408 Å². The van der Waals surface area contributed by atoms with Gasteiger partial charge in [0.25, 0.3) is 0 Å². The summed E-state index contributed by atoms with van der Waals surface area (Å²) in [6.07, 6.45) is -2.43. The van der Waals surface area contributed by atoms with Crippen LogP contribution in [0, 0.1) is 11.8 Å². The molecule has 10 atom stereocenters. The smallest absolute Gasteiger partial charge is 0.326 e. The summed E-state index contributed by atoms with van der Waals surface area (Å²) in [6, 6.07) is -6.41. The highest BCUT2D eigenvalue weighted by molar-refractivity contribution is 5.98. The molecule has 0 fully saturated rings. The van der Waals surface area contributed by atoms with Gasteiger partial charge in [-0.05, 0) is 69.2 Å². The number of phenols is 1. The van der Waals surface area contributed by atoms with E-state index >= 15 is 0 Å². The maximum atomic E-state index is 13.9. The number of carboxylic acid groups (broad SMARTS) is 3. The summed E-state index contributed by atoms with van der Waals surface area (Å²) in [4.78, 5) is 128. The zero-order chi connectivity index (χ0) is 49.7. The molecule has 364 valence electrons. The van der Waals surface area contributed by atoms with Crippen molar-refractivity contribution in [2.75, 3.05) is 6.54 Å². The number of nitrogens with one attached hydrogen (secondary N) is 7. The number of aliphatic carboxylic acids is 3. The molecule has 0 saturated heterocycles. The molecule has 0 aliphatic rings. The van der Waals surface area contributed by atoms with Crippen molar-refractivity contribution >= 4 is 59.3 Å². The summed E-state index contributed by atoms with van der Waals surface area (Å²) in [5.74, 6) is -12.5. The lowest BCUT2D eigenvalue weighted by Gasteiger charge is -2.30. The summed E-state index contributed by atoms with van der Waals surface area (Å²) in [5, 5.41) is 64.8. The number of phenolic OH excluding ortho intramolecular Hbond substituents is 1. The van der Waals surface area contributed by atoms with E-state index < -0.39 is 138 Å². The molecule has 24 nitrogen and oxygen atoms in total. The van der Waals surface area contributed by atoms with Crippen LogP contribution in [0.1, 0.15) is 85.6 Å². The van der Waals surface area contributed by atoms with Crippen LogP contribution < -0.4 is 48.7 Å². The highest BCUT2D eigenvalue weighted by atomic mass is 16.4. The van der Waals surface area contributed by atoms with Crippen molar-refractivity contribution < 1.29 is 73.5 Å². The van der Waals surface area contributed by atoms with Crippen LogP contribution in [-0.2, 0) is 54.4 Å². The van der Waals surface area contributed by atoms with Gasteiger partial charge in [0.05, 0.1) is 25.0 Å². The molecular weight excluding hydrogens is 858 g/mol. The minimum Gasteiger partial charge on any atom is -0.508 e. The first-order chi connectivity index (χ1) is 30.3. The molecule has 1 aromatic rings. The molecule has 1 rings (SSSR count). The number of aromatic hydroxyl groups is 1. The number of hydrogen-bond acceptors (Lipinski definition) is 14. The largest absolute Gasteiger partial charge is 0.508 e. The monoisotopic (exact) mass is 923 g/mol. The lowest BCUT2D eigenvalue weighted by Crippen LogP contribution is -2.62. The minimum atomic E-state index is -1.77. The van der Waals surface area contributed by atoms with Gasteiger partial charge in [0.1, 0.15) is 48.0 Å². The quantitative estimate of drug-likeness (QED) is 0.0354. The van der Waals surface area contributed by atoms with Gasteiger partial charge in [0.2, 0.25) is 41.4 Å². The van der Waals surface area contributed by atoms with Gasteiger partial charge in [0.15, 0.2) is 0 Å². The zero-order valence-electron chi connectivity index (χ0n) is 37.3. The van der Waals surface area contributed by atoms with E-state index in [4.69, 9.17) is 16.6 Å². The maximum Gasteiger partial charge on any atom is 0.326 e. The number of rotatable bonds is 29. The Labute approximate surface area is 375 Å². The van der Waals surface area contributed by atoms with Crippen LogP contribution in [0.15, 0.2) is 24.3 Å². The molecule has 0 saturated carbocycles. The number of benzene rings is 1. The molecule has 0 aliphatic carbocycles. The number of amides is 7. The molecule has 16 N–H and O–H groups in total. The molecule has 65 heavy (non-hydrogen) atoms. The van der Waals surface area contributed by atoms with Crippen molar-refractivity contribution in [3.63, 3.8) is 0 Å². The molecule has 1 aromatic carbocycles. The van der Waals surface area contributed by atoms with E-state index in [2.05, 4.69) is 37.2 Å². The van der Waals surface area contributed by atoms with Crippen molar-refractivity contribution in [1.29, 1.82) is 0 Å². The number of carboxylic acids is 3. The molecule has 0 spiro atoms. The van der Waals surface area contributed by atoms with Crippen molar-refractivity contribution in [2.24, 2.45) is 23.3 Å². The summed E-state index contributed by atoms with van der Waals surface area (Å²) in [5.41, 5.74) is 11.6. The Morgan fingerprint density at radius 3 is 1.58 bits per heavy atom. The Bertz CT molecular complexity index is 1830. The Kier molecular flexibility index (Phi) is 24.1. The predicted molar refractivity (Wildman–Crippen MR) is 230 cm³/mol. The third-order valence-corrected chi connectivity index (χ3v) is 10.2. The third-order valence-electron chi connectivity index (χ3n) is 10.2. The van der Waals surface area contributed by atoms with E-state index in [9.17, 15) is 68.4 Å². The van der Waals surface area contributed by atoms with E-state index in [-0.39, 0.29) is 25.1 Å². The van der Waals surface area contributed by atoms with Gasteiger partial charge < -0.3 is 74.2 Å². The van der Waals surface area contributed by atoms with Gasteiger partial charge in [-0.2, -0.15) is 0 Å². The Balaban J connectivity index is 3.22. The normalized spacial score (nSPS) is 15.7. The summed E-state index contributed by atoms with van der Waals surface area (Å²) < 4.78 is 0. The summed E-state index contributed by atoms with van der Waals surface area (Å²) in [7, 11) is 0. The van der Waals surface area contributed by atoms with Crippen molar-refractivity contribution in [2.45, 2.75) is 141 Å². The SMILES string of the molecule is CC[C@H](C)[C@H](NC(=O)[C@H](CCCCN)NC(=O)[C@H](C)NC(=O)[C@@H](NC(=O)[C@H](CC(=O)O)NC(=O)[C@@H](N)CC(=O)O)C(C)C)C(=O)N[C@H](C(=O)N[C@@H](Cc1ccc(O)cc1)C(=O)O)[C@@H](C)O. The van der Waals surface area contributed by atoms with Gasteiger partial charge in [-0.15, -0.1) is 0 Å². The second-order valence-corrected chi connectivity index (χ2v) is 16.0. The molecule has 7 amide bonds. The average molecular weight is 924 g/mol. The second-order valence-electron chi connectivity index (χ2n) is 16.0. The number of unbranched alkanes of at least 4 members (excludes halogenated alkanes) is 1. The first-order valence-corrected chi connectivity index (χ1v) is 21.0. The first-order valence-electron chi connectivity index (χ1n) is 21.0. The van der Waals surface area contributed by atoms with Crippen LogP contribution in [-0.4, -0.2) is 146 Å². The predicted octanol–water partition coefficient (Wildman–Crippen LogP) is -3.08. The fourth-order valence-corrected chi connectivity index (χ4v) is 6.09. The van der Waals surface area contributed by atoms with Crippen molar-refractivity contribution in [3.05, 3.63) is 29.8 Å². The fourth-order valence-electron chi connectivity index (χ4n) is 6.09. The van der Waals surface area contributed by atoms with Crippen LogP contribution in [0.25, 0.3) is 0 Å². The van der Waals surface area contributed by atoms with E-state index in [1.165, 1.54) is 52.0 Å². The standard InChI is InChI=1S/C41H65N9O15/c1-7-20(4)32(39(62)50-33(22(6)51)40(63)47-28(41(64)65)16-23-11-13-24(52)14-12-23)49-36(59)26(10-8-9-15-42)45-34(57)21(5)44-38(61)31(19(2)3)48-37(60)27(18-30(55)56)46-35(58)25(43)17-29(53)54/h11-14,19-22,25-28,31-33,51-52H,7-10,15-18,42-43H2,1-6H3,(H,44,61)(H,45,57)(H,46,58)(H,47,63)(H,48,60)(H,49,59)(H,50,62)(H,53,54)(H,55,56)(H,64,65)/t20-,21-,22+,25-,26-,27-,28-,31-,32-,33-/m0/s1. The molecule has 24 heteroatoms. The Morgan fingerprint density at radius 1 is 0.585 bits per heavy atom. The van der Waals surface area contributed by atoms with Gasteiger partial charge in [-0.25, -0.2) is 4.79 Å². The maximum absolute atomic E-state index is 13.9. The molecule has 0 aliphatic heterocycles.